The largest absolute Gasteiger partial charge is 0.387 e. The SMILES string of the molecule is C=C(N=C(N)CCCC)c1ccc(CCCCCN(C)CS)cc1N=C(C)N.CCC(C)(C)C(C)(C)C. The van der Waals surface area contributed by atoms with Gasteiger partial charge in [-0.2, -0.15) is 12.6 Å². The van der Waals surface area contributed by atoms with Gasteiger partial charge in [-0.25, -0.2) is 9.98 Å². The van der Waals surface area contributed by atoms with E-state index in [1.807, 2.05) is 6.07 Å². The maximum absolute atomic E-state index is 6.03. The zero-order valence-corrected chi connectivity index (χ0v) is 26.3. The van der Waals surface area contributed by atoms with Crippen molar-refractivity contribution in [1.29, 1.82) is 0 Å². The van der Waals surface area contributed by atoms with E-state index in [-0.39, 0.29) is 0 Å². The van der Waals surface area contributed by atoms with E-state index in [1.165, 1.54) is 24.8 Å². The van der Waals surface area contributed by atoms with Crippen molar-refractivity contribution in [1.82, 2.24) is 4.90 Å². The zero-order chi connectivity index (χ0) is 28.6. The highest BCUT2D eigenvalue weighted by Gasteiger charge is 2.30. The topological polar surface area (TPSA) is 80.0 Å². The Hall–Kier alpha value is -1.79. The van der Waals surface area contributed by atoms with E-state index < -0.39 is 0 Å². The summed E-state index contributed by atoms with van der Waals surface area (Å²) in [6, 6.07) is 6.25. The van der Waals surface area contributed by atoms with E-state index in [0.29, 0.717) is 28.2 Å². The Balaban J connectivity index is 0.00000122. The smallest absolute Gasteiger partial charge is 0.0996 e. The van der Waals surface area contributed by atoms with Gasteiger partial charge in [-0.1, -0.05) is 86.4 Å². The van der Waals surface area contributed by atoms with Gasteiger partial charge in [0.15, 0.2) is 0 Å². The van der Waals surface area contributed by atoms with Crippen molar-refractivity contribution in [2.24, 2.45) is 32.3 Å². The van der Waals surface area contributed by atoms with Crippen LogP contribution in [0.5, 0.6) is 0 Å². The lowest BCUT2D eigenvalue weighted by molar-refractivity contribution is 0.126. The first-order chi connectivity index (χ1) is 17.2. The van der Waals surface area contributed by atoms with Gasteiger partial charge in [-0.15, -0.1) is 0 Å². The molecule has 0 atom stereocenters. The Bertz CT molecular complexity index is 861. The van der Waals surface area contributed by atoms with Crippen molar-refractivity contribution in [2.45, 2.75) is 107 Å². The number of thiol groups is 1. The molecule has 0 saturated heterocycles. The molecule has 6 heteroatoms. The summed E-state index contributed by atoms with van der Waals surface area (Å²) >= 11 is 4.28. The molecule has 4 N–H and O–H groups in total. The third kappa shape index (κ3) is 14.7. The van der Waals surface area contributed by atoms with Gasteiger partial charge in [0.25, 0.3) is 0 Å². The number of nitrogens with zero attached hydrogens (tertiary/aromatic N) is 3. The van der Waals surface area contributed by atoms with Crippen LogP contribution in [0.3, 0.4) is 0 Å². The fourth-order valence-electron chi connectivity index (χ4n) is 3.40. The summed E-state index contributed by atoms with van der Waals surface area (Å²) in [6.45, 7) is 22.9. The average Bonchev–Trinajstić information content (AvgIpc) is 2.81. The molecule has 0 bridgehead atoms. The quantitative estimate of drug-likeness (QED) is 0.0744. The molecule has 0 aliphatic carbocycles. The summed E-state index contributed by atoms with van der Waals surface area (Å²) in [6.07, 6.45) is 8.70. The van der Waals surface area contributed by atoms with Crippen LogP contribution in [0.1, 0.15) is 111 Å². The molecule has 0 aliphatic heterocycles. The molecule has 5 nitrogen and oxygen atoms in total. The van der Waals surface area contributed by atoms with Crippen LogP contribution in [0.15, 0.2) is 34.8 Å². The Kier molecular flexibility index (Phi) is 16.8. The highest BCUT2D eigenvalue weighted by Crippen LogP contribution is 2.40. The molecule has 0 spiro atoms. The van der Waals surface area contributed by atoms with Gasteiger partial charge >= 0.3 is 0 Å². The van der Waals surface area contributed by atoms with Gasteiger partial charge in [-0.05, 0) is 68.7 Å². The minimum atomic E-state index is 0.446. The van der Waals surface area contributed by atoms with Gasteiger partial charge in [-0.3, -0.25) is 4.90 Å². The van der Waals surface area contributed by atoms with Crippen LogP contribution in [-0.4, -0.2) is 36.0 Å². The molecule has 0 radical (unpaired) electrons. The third-order valence-electron chi connectivity index (χ3n) is 7.40. The molecule has 0 aliphatic rings. The van der Waals surface area contributed by atoms with Gasteiger partial charge in [0.2, 0.25) is 0 Å². The van der Waals surface area contributed by atoms with E-state index >= 15 is 0 Å². The van der Waals surface area contributed by atoms with Crippen molar-refractivity contribution in [2.75, 3.05) is 19.5 Å². The summed E-state index contributed by atoms with van der Waals surface area (Å²) in [5, 5.41) is 0. The minimum Gasteiger partial charge on any atom is -0.387 e. The number of hydrogen-bond acceptors (Lipinski definition) is 4. The molecule has 0 unspecified atom stereocenters. The van der Waals surface area contributed by atoms with Gasteiger partial charge < -0.3 is 11.5 Å². The first kappa shape index (κ1) is 35.2. The number of nitrogens with two attached hydrogens (primary N) is 2. The number of aryl methyl sites for hydroxylation is 1. The van der Waals surface area contributed by atoms with E-state index in [4.69, 9.17) is 11.5 Å². The molecule has 0 amide bonds. The number of hydrogen-bond donors (Lipinski definition) is 3. The Morgan fingerprint density at radius 1 is 1.03 bits per heavy atom. The summed E-state index contributed by atoms with van der Waals surface area (Å²) in [7, 11) is 2.09. The van der Waals surface area contributed by atoms with Crippen LogP contribution in [0.25, 0.3) is 5.70 Å². The van der Waals surface area contributed by atoms with Gasteiger partial charge in [0, 0.05) is 17.9 Å². The molecular weight excluding hydrogens is 474 g/mol. The summed E-state index contributed by atoms with van der Waals surface area (Å²) in [4.78, 5) is 11.2. The molecule has 1 rings (SSSR count). The van der Waals surface area contributed by atoms with Crippen LogP contribution < -0.4 is 11.5 Å². The van der Waals surface area contributed by atoms with Crippen LogP contribution in [0, 0.1) is 10.8 Å². The molecule has 1 aromatic rings. The molecule has 0 saturated carbocycles. The highest BCUT2D eigenvalue weighted by atomic mass is 32.1. The van der Waals surface area contributed by atoms with E-state index in [1.54, 1.807) is 6.92 Å². The van der Waals surface area contributed by atoms with Crippen LogP contribution in [0.4, 0.5) is 5.69 Å². The standard InChI is InChI=1S/C22H37N5S.C9H20/c1-5-6-11-22(24)25-17(2)20-13-12-19(15-21(20)26-18(3)23)10-8-7-9-14-27(4)16-28;1-7-9(5,6)8(2,3)4/h12-13,15,28H,2,5-11,14,16H2,1,3-4H3,(H2,23,26)(H2,24,25);7H2,1-6H3. The first-order valence-electron chi connectivity index (χ1n) is 13.9. The molecule has 0 heterocycles. The maximum Gasteiger partial charge on any atom is 0.0996 e. The van der Waals surface area contributed by atoms with Crippen LogP contribution >= 0.6 is 12.6 Å². The average molecular weight is 532 g/mol. The number of unbranched alkanes of at least 4 members (excludes halogenated alkanes) is 3. The number of amidine groups is 2. The van der Waals surface area contributed by atoms with Crippen LogP contribution in [-0.2, 0) is 6.42 Å². The lowest BCUT2D eigenvalue weighted by atomic mass is 9.68. The Morgan fingerprint density at radius 2 is 1.68 bits per heavy atom. The second-order valence-electron chi connectivity index (χ2n) is 11.8. The van der Waals surface area contributed by atoms with Crippen molar-refractivity contribution in [3.05, 3.63) is 35.9 Å². The molecule has 212 valence electrons. The summed E-state index contributed by atoms with van der Waals surface area (Å²) in [5.41, 5.74) is 16.4. The van der Waals surface area contributed by atoms with Gasteiger partial charge in [0.05, 0.1) is 23.1 Å². The third-order valence-corrected chi connectivity index (χ3v) is 7.88. The Labute approximate surface area is 234 Å². The van der Waals surface area contributed by atoms with Gasteiger partial charge in [0.1, 0.15) is 0 Å². The minimum absolute atomic E-state index is 0.446. The monoisotopic (exact) mass is 531 g/mol. The lowest BCUT2D eigenvalue weighted by Crippen LogP contribution is -2.28. The van der Waals surface area contributed by atoms with Crippen molar-refractivity contribution in [3.63, 3.8) is 0 Å². The predicted molar refractivity (Wildman–Crippen MR) is 171 cm³/mol. The predicted octanol–water partition coefficient (Wildman–Crippen LogP) is 8.21. The molecule has 1 aromatic carbocycles. The summed E-state index contributed by atoms with van der Waals surface area (Å²) in [5.74, 6) is 1.93. The van der Waals surface area contributed by atoms with E-state index in [9.17, 15) is 0 Å². The Morgan fingerprint density at radius 3 is 2.16 bits per heavy atom. The van der Waals surface area contributed by atoms with E-state index in [0.717, 1.165) is 55.8 Å². The van der Waals surface area contributed by atoms with Crippen molar-refractivity contribution < 1.29 is 0 Å². The highest BCUT2D eigenvalue weighted by molar-refractivity contribution is 7.80. The second kappa shape index (κ2) is 17.7. The second-order valence-corrected chi connectivity index (χ2v) is 12.1. The molecule has 0 fully saturated rings. The first-order valence-corrected chi connectivity index (χ1v) is 14.6. The van der Waals surface area contributed by atoms with Crippen molar-refractivity contribution >= 4 is 35.7 Å². The fraction of sp³-hybridized carbons (Fsp3) is 0.677. The normalized spacial score (nSPS) is 12.9. The number of benzene rings is 1. The molecular formula is C31H57N5S. The molecule has 37 heavy (non-hydrogen) atoms. The van der Waals surface area contributed by atoms with E-state index in [2.05, 4.69) is 102 Å². The fourth-order valence-corrected chi connectivity index (χ4v) is 3.54. The lowest BCUT2D eigenvalue weighted by Gasteiger charge is -2.37. The zero-order valence-electron chi connectivity index (χ0n) is 25.5. The number of rotatable bonds is 14. The number of aliphatic imine (C=N–C) groups is 2. The summed E-state index contributed by atoms with van der Waals surface area (Å²) < 4.78 is 0. The van der Waals surface area contributed by atoms with Crippen LogP contribution in [0.2, 0.25) is 0 Å². The molecule has 0 aromatic heterocycles. The van der Waals surface area contributed by atoms with Crippen molar-refractivity contribution in [3.8, 4) is 0 Å². The maximum atomic E-state index is 6.03.